The molecule has 0 heterocycles. The van der Waals surface area contributed by atoms with Crippen LogP contribution in [0.2, 0.25) is 0 Å². The molecule has 0 bridgehead atoms. The highest BCUT2D eigenvalue weighted by molar-refractivity contribution is 6.29. The van der Waals surface area contributed by atoms with Crippen molar-refractivity contribution in [1.29, 1.82) is 0 Å². The Morgan fingerprint density at radius 3 is 2.79 bits per heavy atom. The first-order valence-electron chi connectivity index (χ1n) is 9.18. The average Bonchev–Trinajstić information content (AvgIpc) is 2.86. The largest absolute Gasteiger partial charge is 0.381 e. The molecule has 0 spiro atoms. The smallest absolute Gasteiger partial charge is 0.179 e. The number of ketones is 2. The Balaban J connectivity index is 1.72. The fraction of sp³-hybridized carbons (Fsp3) is 0.700. The molecule has 0 aromatic rings. The predicted octanol–water partition coefficient (Wildman–Crippen LogP) is 3.73. The first kappa shape index (κ1) is 16.5. The van der Waals surface area contributed by atoms with Gasteiger partial charge in [-0.3, -0.25) is 9.59 Å². The van der Waals surface area contributed by atoms with Crippen LogP contribution in [0, 0.1) is 17.3 Å². The first-order valence-corrected chi connectivity index (χ1v) is 9.71. The number of hydrogen-bond acceptors (Lipinski definition) is 3. The van der Waals surface area contributed by atoms with E-state index in [1.165, 1.54) is 16.7 Å². The molecule has 1 N–H and O–H groups in total. The Morgan fingerprint density at radius 1 is 1.25 bits per heavy atom. The minimum atomic E-state index is -1.26. The number of carbonyl (C=O) groups excluding carboxylic acids is 2. The lowest BCUT2D eigenvalue weighted by molar-refractivity contribution is -0.151. The molecule has 24 heavy (non-hydrogen) atoms. The van der Waals surface area contributed by atoms with Gasteiger partial charge in [-0.2, -0.15) is 0 Å². The molecule has 0 aliphatic heterocycles. The van der Waals surface area contributed by atoms with Gasteiger partial charge in [-0.05, 0) is 74.0 Å². The van der Waals surface area contributed by atoms with Crippen molar-refractivity contribution < 1.29 is 14.7 Å². The Bertz CT molecular complexity index is 676. The highest BCUT2D eigenvalue weighted by Crippen LogP contribution is 2.63. The standard InChI is InChI=1S/C20H25ClO3/c1-19-8-6-15-14-5-3-13(22)10-12(14)2-4-16(15)17(19)7-9-20(19,24)18(23)11-21/h10,16-17,24H,2-9,11H2,1H3. The summed E-state index contributed by atoms with van der Waals surface area (Å²) in [6.07, 6.45) is 8.60. The second-order valence-electron chi connectivity index (χ2n) is 8.26. The van der Waals surface area contributed by atoms with Crippen LogP contribution in [0.5, 0.6) is 0 Å². The summed E-state index contributed by atoms with van der Waals surface area (Å²) in [5.74, 6) is 0.763. The molecule has 0 aromatic carbocycles. The second kappa shape index (κ2) is 5.54. The van der Waals surface area contributed by atoms with Gasteiger partial charge in [0, 0.05) is 11.8 Å². The van der Waals surface area contributed by atoms with E-state index in [1.807, 2.05) is 6.08 Å². The van der Waals surface area contributed by atoms with Crippen LogP contribution >= 0.6 is 11.6 Å². The quantitative estimate of drug-likeness (QED) is 0.773. The Hall–Kier alpha value is -0.930. The van der Waals surface area contributed by atoms with Crippen LogP contribution in [0.1, 0.15) is 58.3 Å². The number of allylic oxidation sites excluding steroid dienone is 4. The van der Waals surface area contributed by atoms with Gasteiger partial charge in [0.15, 0.2) is 11.6 Å². The molecular weight excluding hydrogens is 324 g/mol. The summed E-state index contributed by atoms with van der Waals surface area (Å²) in [4.78, 5) is 24.1. The highest BCUT2D eigenvalue weighted by atomic mass is 35.5. The third-order valence-corrected chi connectivity index (χ3v) is 7.71. The molecule has 2 saturated carbocycles. The van der Waals surface area contributed by atoms with Gasteiger partial charge in [0.05, 0.1) is 5.88 Å². The molecule has 130 valence electrons. The van der Waals surface area contributed by atoms with E-state index in [2.05, 4.69) is 6.92 Å². The van der Waals surface area contributed by atoms with Crippen LogP contribution < -0.4 is 0 Å². The zero-order valence-corrected chi connectivity index (χ0v) is 15.0. The van der Waals surface area contributed by atoms with Gasteiger partial charge >= 0.3 is 0 Å². The predicted molar refractivity (Wildman–Crippen MR) is 92.8 cm³/mol. The summed E-state index contributed by atoms with van der Waals surface area (Å²) in [6.45, 7) is 2.10. The SMILES string of the molecule is CC12CCC3=C4CCC(=O)C=C4CCC3C1CCC2(O)C(=O)CCl. The van der Waals surface area contributed by atoms with E-state index in [9.17, 15) is 14.7 Å². The van der Waals surface area contributed by atoms with Gasteiger partial charge in [-0.15, -0.1) is 11.6 Å². The van der Waals surface area contributed by atoms with Crippen molar-refractivity contribution in [2.45, 2.75) is 63.9 Å². The number of Topliss-reactive ketones (excluding diaryl/α,β-unsaturated/α-hetero) is 1. The molecule has 0 aromatic heterocycles. The molecule has 0 amide bonds. The van der Waals surface area contributed by atoms with E-state index < -0.39 is 5.60 Å². The second-order valence-corrected chi connectivity index (χ2v) is 8.53. The molecule has 4 heteroatoms. The van der Waals surface area contributed by atoms with Crippen LogP contribution in [-0.2, 0) is 9.59 Å². The molecule has 2 fully saturated rings. The molecular formula is C20H25ClO3. The normalized spacial score (nSPS) is 41.5. The Labute approximate surface area is 148 Å². The summed E-state index contributed by atoms with van der Waals surface area (Å²) in [5, 5.41) is 11.2. The first-order chi connectivity index (χ1) is 11.4. The maximum absolute atomic E-state index is 12.4. The molecule has 0 saturated heterocycles. The number of hydrogen-bond donors (Lipinski definition) is 1. The zero-order valence-electron chi connectivity index (χ0n) is 14.2. The molecule has 4 rings (SSSR count). The molecule has 4 unspecified atom stereocenters. The summed E-state index contributed by atoms with van der Waals surface area (Å²) in [7, 11) is 0. The van der Waals surface area contributed by atoms with Crippen molar-refractivity contribution in [3.05, 3.63) is 22.8 Å². The van der Waals surface area contributed by atoms with Crippen molar-refractivity contribution in [1.82, 2.24) is 0 Å². The van der Waals surface area contributed by atoms with Gasteiger partial charge in [-0.1, -0.05) is 12.5 Å². The summed E-state index contributed by atoms with van der Waals surface area (Å²) >= 11 is 5.80. The maximum atomic E-state index is 12.4. The zero-order chi connectivity index (χ0) is 17.1. The third kappa shape index (κ3) is 2.07. The lowest BCUT2D eigenvalue weighted by atomic mass is 9.54. The van der Waals surface area contributed by atoms with E-state index in [1.54, 1.807) is 0 Å². The Kier molecular flexibility index (Phi) is 3.81. The lowest BCUT2D eigenvalue weighted by Gasteiger charge is -2.51. The number of rotatable bonds is 2. The monoisotopic (exact) mass is 348 g/mol. The summed E-state index contributed by atoms with van der Waals surface area (Å²) < 4.78 is 0. The van der Waals surface area contributed by atoms with Gasteiger partial charge in [-0.25, -0.2) is 0 Å². The average molecular weight is 349 g/mol. The van der Waals surface area contributed by atoms with E-state index in [4.69, 9.17) is 11.6 Å². The number of aliphatic hydroxyl groups is 1. The van der Waals surface area contributed by atoms with E-state index in [0.717, 1.165) is 38.5 Å². The van der Waals surface area contributed by atoms with Crippen molar-refractivity contribution >= 4 is 23.2 Å². The highest BCUT2D eigenvalue weighted by Gasteiger charge is 2.63. The summed E-state index contributed by atoms with van der Waals surface area (Å²) in [5.41, 5.74) is 2.58. The minimum Gasteiger partial charge on any atom is -0.381 e. The number of fused-ring (bicyclic) bond motifs is 4. The fourth-order valence-electron chi connectivity index (χ4n) is 6.12. The van der Waals surface area contributed by atoms with Gasteiger partial charge in [0.25, 0.3) is 0 Å². The third-order valence-electron chi connectivity index (χ3n) is 7.47. The van der Waals surface area contributed by atoms with E-state index in [0.29, 0.717) is 24.7 Å². The van der Waals surface area contributed by atoms with Crippen LogP contribution in [0.15, 0.2) is 22.8 Å². The van der Waals surface area contributed by atoms with Gasteiger partial charge in [0.2, 0.25) is 0 Å². The number of alkyl halides is 1. The molecule has 3 nitrogen and oxygen atoms in total. The van der Waals surface area contributed by atoms with E-state index in [-0.39, 0.29) is 22.9 Å². The van der Waals surface area contributed by atoms with Gasteiger partial charge < -0.3 is 5.11 Å². The topological polar surface area (TPSA) is 54.4 Å². The lowest BCUT2D eigenvalue weighted by Crippen LogP contribution is -2.54. The Morgan fingerprint density at radius 2 is 2.04 bits per heavy atom. The van der Waals surface area contributed by atoms with Crippen LogP contribution in [0.3, 0.4) is 0 Å². The van der Waals surface area contributed by atoms with Crippen molar-refractivity contribution in [3.8, 4) is 0 Å². The number of halogens is 1. The van der Waals surface area contributed by atoms with Gasteiger partial charge in [0.1, 0.15) is 5.60 Å². The molecule has 4 aliphatic rings. The van der Waals surface area contributed by atoms with Crippen LogP contribution in [-0.4, -0.2) is 28.2 Å². The molecule has 4 aliphatic carbocycles. The van der Waals surface area contributed by atoms with Crippen molar-refractivity contribution in [2.75, 3.05) is 5.88 Å². The summed E-state index contributed by atoms with van der Waals surface area (Å²) in [6, 6.07) is 0. The maximum Gasteiger partial charge on any atom is 0.179 e. The van der Waals surface area contributed by atoms with Crippen molar-refractivity contribution in [2.24, 2.45) is 17.3 Å². The molecule has 4 atom stereocenters. The van der Waals surface area contributed by atoms with Crippen molar-refractivity contribution in [3.63, 3.8) is 0 Å². The van der Waals surface area contributed by atoms with Crippen LogP contribution in [0.25, 0.3) is 0 Å². The number of carbonyl (C=O) groups is 2. The van der Waals surface area contributed by atoms with E-state index >= 15 is 0 Å². The minimum absolute atomic E-state index is 0.105. The fourth-order valence-corrected chi connectivity index (χ4v) is 6.34. The van der Waals surface area contributed by atoms with Crippen LogP contribution in [0.4, 0.5) is 0 Å². The molecule has 0 radical (unpaired) electrons.